The normalized spacial score (nSPS) is 12.4. The number of aliphatic hydroxyl groups is 1. The van der Waals surface area contributed by atoms with Crippen LogP contribution in [-0.4, -0.2) is 15.9 Å². The fraction of sp³-hybridized carbons (Fsp3) is 0.429. The number of carbonyl (C=O) groups is 1. The van der Waals surface area contributed by atoms with Crippen molar-refractivity contribution in [2.45, 2.75) is 121 Å². The molecule has 0 aliphatic carbocycles. The topological polar surface area (TPSA) is 63.3 Å². The average molecular weight is 935 g/mol. The van der Waals surface area contributed by atoms with Gasteiger partial charge in [0.1, 0.15) is 11.3 Å². The third-order valence-corrected chi connectivity index (χ3v) is 12.0. The molecule has 1 radical (unpaired) electrons. The first kappa shape index (κ1) is 44.1. The summed E-state index contributed by atoms with van der Waals surface area (Å²) < 4.78 is 7.71. The van der Waals surface area contributed by atoms with E-state index in [0.717, 1.165) is 60.1 Å². The van der Waals surface area contributed by atoms with Gasteiger partial charge in [-0.05, 0) is 91.5 Å². The number of hydrogen-bond donors (Lipinski definition) is 1. The summed E-state index contributed by atoms with van der Waals surface area (Å²) in [6.45, 7) is 26.2. The first-order valence-electron chi connectivity index (χ1n) is 19.8. The molecule has 0 amide bonds. The Morgan fingerprint density at radius 3 is 2.13 bits per heavy atom. The number of allylic oxidation sites excluding steroid dienone is 2. The first-order chi connectivity index (χ1) is 25.5. The van der Waals surface area contributed by atoms with Gasteiger partial charge >= 0.3 is 0 Å². The van der Waals surface area contributed by atoms with Crippen molar-refractivity contribution in [3.05, 3.63) is 101 Å². The number of pyridine rings is 1. The van der Waals surface area contributed by atoms with Crippen molar-refractivity contribution in [1.29, 1.82) is 0 Å². The number of nitrogens with zero attached hydrogens (tertiary/aromatic N) is 1. The molecule has 0 aliphatic heterocycles. The van der Waals surface area contributed by atoms with E-state index in [2.05, 4.69) is 116 Å². The summed E-state index contributed by atoms with van der Waals surface area (Å²) in [6, 6.07) is 23.4. The number of hydrogen-bond acceptors (Lipinski definition) is 5. The van der Waals surface area contributed by atoms with E-state index in [-0.39, 0.29) is 54.3 Å². The number of rotatable bonds is 10. The van der Waals surface area contributed by atoms with Crippen LogP contribution in [0.2, 0.25) is 0 Å². The summed E-state index contributed by atoms with van der Waals surface area (Å²) in [6.07, 6.45) is 7.88. The number of furan rings is 1. The van der Waals surface area contributed by atoms with Crippen LogP contribution in [0.5, 0.6) is 0 Å². The molecule has 55 heavy (non-hydrogen) atoms. The molecule has 0 unspecified atom stereocenters. The SMILES string of the molecule is CCC(CC)C(=O)/C=C(\O)C(CC)CC.Cc1c(-c2sc3c(-c4[c-]c5ccccc5c(C(C)(C)C)c4)nccc3c2C)oc2ccc(CC(C)(C)C)cc12.[Ir]. The van der Waals surface area contributed by atoms with Crippen LogP contribution in [0.1, 0.15) is 117 Å². The van der Waals surface area contributed by atoms with E-state index in [0.29, 0.717) is 0 Å². The Hall–Kier alpha value is -3.57. The van der Waals surface area contributed by atoms with Crippen LogP contribution in [0.15, 0.2) is 77.0 Å². The summed E-state index contributed by atoms with van der Waals surface area (Å²) in [5.74, 6) is 1.52. The molecule has 6 rings (SSSR count). The number of benzene rings is 3. The molecule has 3 aromatic carbocycles. The molecule has 6 heteroatoms. The van der Waals surface area contributed by atoms with E-state index < -0.39 is 0 Å². The summed E-state index contributed by atoms with van der Waals surface area (Å²) in [7, 11) is 0. The van der Waals surface area contributed by atoms with E-state index in [1.807, 2.05) is 33.9 Å². The number of thiophene rings is 1. The number of fused-ring (bicyclic) bond motifs is 3. The van der Waals surface area contributed by atoms with Crippen LogP contribution in [0, 0.1) is 37.2 Å². The van der Waals surface area contributed by atoms with Crippen LogP contribution in [0.25, 0.3) is 53.7 Å². The van der Waals surface area contributed by atoms with Crippen molar-refractivity contribution in [3.8, 4) is 21.9 Å². The Labute approximate surface area is 347 Å². The monoisotopic (exact) mass is 935 g/mol. The molecule has 3 heterocycles. The molecule has 6 aromatic rings. The third kappa shape index (κ3) is 9.88. The van der Waals surface area contributed by atoms with Gasteiger partial charge in [-0.25, -0.2) is 0 Å². The van der Waals surface area contributed by atoms with Crippen LogP contribution in [0.3, 0.4) is 0 Å². The van der Waals surface area contributed by atoms with Crippen molar-refractivity contribution in [3.63, 3.8) is 0 Å². The first-order valence-corrected chi connectivity index (χ1v) is 20.6. The molecule has 0 saturated heterocycles. The van der Waals surface area contributed by atoms with Crippen LogP contribution in [0.4, 0.5) is 0 Å². The van der Waals surface area contributed by atoms with Gasteiger partial charge in [-0.3, -0.25) is 9.78 Å². The maximum atomic E-state index is 11.7. The molecule has 0 atom stereocenters. The van der Waals surface area contributed by atoms with Gasteiger partial charge in [0.25, 0.3) is 0 Å². The smallest absolute Gasteiger partial charge is 0.162 e. The number of aromatic nitrogens is 1. The van der Waals surface area contributed by atoms with E-state index >= 15 is 0 Å². The number of aliphatic hydroxyl groups excluding tert-OH is 1. The number of carbonyl (C=O) groups excluding carboxylic acids is 1. The Kier molecular flexibility index (Phi) is 14.6. The summed E-state index contributed by atoms with van der Waals surface area (Å²) >= 11 is 1.78. The molecule has 0 aliphatic rings. The Morgan fingerprint density at radius 2 is 1.51 bits per heavy atom. The van der Waals surface area contributed by atoms with E-state index in [1.165, 1.54) is 54.1 Å². The number of ketones is 1. The van der Waals surface area contributed by atoms with E-state index in [9.17, 15) is 9.90 Å². The predicted octanol–water partition coefficient (Wildman–Crippen LogP) is 14.7. The van der Waals surface area contributed by atoms with Crippen LogP contribution >= 0.6 is 11.3 Å². The molecule has 4 nitrogen and oxygen atoms in total. The van der Waals surface area contributed by atoms with Gasteiger partial charge in [-0.15, -0.1) is 40.5 Å². The molecule has 0 spiro atoms. The largest absolute Gasteiger partial charge is 0.512 e. The summed E-state index contributed by atoms with van der Waals surface area (Å²) in [5.41, 5.74) is 8.36. The molecule has 0 fully saturated rings. The van der Waals surface area contributed by atoms with Crippen molar-refractivity contribution in [2.24, 2.45) is 17.3 Å². The summed E-state index contributed by atoms with van der Waals surface area (Å²) in [4.78, 5) is 17.8. The third-order valence-electron chi connectivity index (χ3n) is 10.7. The second kappa shape index (κ2) is 18.1. The van der Waals surface area contributed by atoms with Gasteiger partial charge in [-0.1, -0.05) is 104 Å². The predicted molar refractivity (Wildman–Crippen MR) is 232 cm³/mol. The minimum atomic E-state index is 0. The minimum Gasteiger partial charge on any atom is -0.512 e. The van der Waals surface area contributed by atoms with Crippen LogP contribution in [-0.2, 0) is 36.7 Å². The second-order valence-corrected chi connectivity index (χ2v) is 18.1. The molecule has 295 valence electrons. The maximum Gasteiger partial charge on any atom is 0.162 e. The summed E-state index contributed by atoms with van der Waals surface area (Å²) in [5, 5.41) is 14.6. The Balaban J connectivity index is 0.000000360. The van der Waals surface area contributed by atoms with E-state index in [4.69, 9.17) is 9.40 Å². The van der Waals surface area contributed by atoms with Crippen LogP contribution < -0.4 is 0 Å². The average Bonchev–Trinajstić information content (AvgIpc) is 3.63. The van der Waals surface area contributed by atoms with Crippen molar-refractivity contribution >= 4 is 48.9 Å². The maximum absolute atomic E-state index is 11.7. The van der Waals surface area contributed by atoms with Crippen molar-refractivity contribution in [1.82, 2.24) is 4.98 Å². The van der Waals surface area contributed by atoms with Gasteiger partial charge in [0.05, 0.1) is 10.6 Å². The van der Waals surface area contributed by atoms with Crippen molar-refractivity contribution in [2.75, 3.05) is 0 Å². The minimum absolute atomic E-state index is 0. The van der Waals surface area contributed by atoms with Gasteiger partial charge in [0.15, 0.2) is 5.78 Å². The van der Waals surface area contributed by atoms with Gasteiger partial charge < -0.3 is 9.52 Å². The van der Waals surface area contributed by atoms with Gasteiger partial charge in [0, 0.05) is 65.6 Å². The Morgan fingerprint density at radius 1 is 0.855 bits per heavy atom. The fourth-order valence-electron chi connectivity index (χ4n) is 7.52. The molecule has 0 bridgehead atoms. The molecular formula is C49H60IrNO3S-. The molecular weight excluding hydrogens is 875 g/mol. The standard InChI is InChI=1S/C36H36NOS.C13H24O2.Ir/c1-21-28-17-23(20-35(3,4)5)13-14-30(28)38-32(21)33-22(2)26-15-16-37-31(34(26)39-33)25-18-24-11-9-10-12-27(24)29(19-25)36(6,7)8;1-5-10(6-2)12(14)9-13(15)11(7-3)8-4;/h9-17,19H,20H2,1-8H3;9-11,14H,5-8H2,1-4H3;/q-1;;/b;12-9-;. The molecule has 0 saturated carbocycles. The molecule has 3 aromatic heterocycles. The van der Waals surface area contributed by atoms with Crippen molar-refractivity contribution < 1.29 is 34.4 Å². The molecule has 1 N–H and O–H groups in total. The van der Waals surface area contributed by atoms with E-state index in [1.54, 1.807) is 11.3 Å². The fourth-order valence-corrected chi connectivity index (χ4v) is 8.87. The zero-order valence-electron chi connectivity index (χ0n) is 35.0. The second-order valence-electron chi connectivity index (χ2n) is 17.1. The zero-order chi connectivity index (χ0) is 39.5. The van der Waals surface area contributed by atoms with Gasteiger partial charge in [0.2, 0.25) is 0 Å². The Bertz CT molecular complexity index is 2290. The number of aryl methyl sites for hydroxylation is 2. The zero-order valence-corrected chi connectivity index (χ0v) is 38.2. The quantitative estimate of drug-likeness (QED) is 0.0844. The van der Waals surface area contributed by atoms with Gasteiger partial charge in [-0.2, -0.15) is 0 Å².